The van der Waals surface area contributed by atoms with Gasteiger partial charge in [0, 0.05) is 11.4 Å². The Balaban J connectivity index is 1.74. The SMILES string of the molecule is CC(Nc1nc(N)ncc1C#N)c1cc2cccc(-c3ccc(F)cc3)c2c(=O)n1-c1ccccc1. The molecule has 8 heteroatoms. The number of pyridine rings is 1. The molecule has 0 radical (unpaired) electrons. The third kappa shape index (κ3) is 4.14. The second kappa shape index (κ2) is 9.31. The standard InChI is InChI=1S/C28H21FN6O/c1-17(33-26-20(15-30)16-32-28(31)34-26)24-14-19-6-5-9-23(18-10-12-21(29)13-11-18)25(19)27(36)35(24)22-7-3-2-4-8-22/h2-14,16-17H,1H3,(H3,31,32,33,34). The molecule has 0 bridgehead atoms. The predicted molar refractivity (Wildman–Crippen MR) is 138 cm³/mol. The van der Waals surface area contributed by atoms with Crippen molar-refractivity contribution in [1.82, 2.24) is 14.5 Å². The molecule has 1 atom stereocenters. The Morgan fingerprint density at radius 2 is 1.81 bits per heavy atom. The first-order valence-electron chi connectivity index (χ1n) is 11.3. The lowest BCUT2D eigenvalue weighted by Gasteiger charge is -2.22. The van der Waals surface area contributed by atoms with Crippen LogP contribution in [0.2, 0.25) is 0 Å². The molecule has 0 aliphatic heterocycles. The van der Waals surface area contributed by atoms with Crippen LogP contribution in [0, 0.1) is 17.1 Å². The normalized spacial score (nSPS) is 11.7. The molecule has 2 heterocycles. The molecule has 0 saturated carbocycles. The summed E-state index contributed by atoms with van der Waals surface area (Å²) in [4.78, 5) is 22.2. The number of fused-ring (bicyclic) bond motifs is 1. The minimum atomic E-state index is -0.432. The molecular formula is C28H21FN6O. The number of nitrogen functional groups attached to an aromatic ring is 1. The molecule has 0 amide bonds. The molecular weight excluding hydrogens is 455 g/mol. The van der Waals surface area contributed by atoms with Gasteiger partial charge >= 0.3 is 0 Å². The van der Waals surface area contributed by atoms with Crippen molar-refractivity contribution in [3.8, 4) is 22.9 Å². The summed E-state index contributed by atoms with van der Waals surface area (Å²) in [6.07, 6.45) is 1.36. The summed E-state index contributed by atoms with van der Waals surface area (Å²) in [5, 5.41) is 14.0. The molecule has 0 spiro atoms. The number of anilines is 2. The van der Waals surface area contributed by atoms with Crippen LogP contribution in [0.3, 0.4) is 0 Å². The van der Waals surface area contributed by atoms with Gasteiger partial charge in [0.25, 0.3) is 5.56 Å². The molecule has 3 aromatic carbocycles. The zero-order valence-corrected chi connectivity index (χ0v) is 19.3. The second-order valence-corrected chi connectivity index (χ2v) is 8.29. The second-order valence-electron chi connectivity index (χ2n) is 8.29. The van der Waals surface area contributed by atoms with E-state index in [0.29, 0.717) is 22.3 Å². The molecule has 176 valence electrons. The highest BCUT2D eigenvalue weighted by atomic mass is 19.1. The molecule has 3 N–H and O–H groups in total. The highest BCUT2D eigenvalue weighted by Crippen LogP contribution is 2.30. The number of benzene rings is 3. The lowest BCUT2D eigenvalue weighted by atomic mass is 9.98. The van der Waals surface area contributed by atoms with Crippen LogP contribution in [-0.2, 0) is 0 Å². The molecule has 0 fully saturated rings. The molecule has 2 aromatic heterocycles. The predicted octanol–water partition coefficient (Wildman–Crippen LogP) is 5.21. The van der Waals surface area contributed by atoms with Crippen LogP contribution in [0.4, 0.5) is 16.2 Å². The van der Waals surface area contributed by atoms with Gasteiger partial charge in [0.05, 0.1) is 17.6 Å². The molecule has 36 heavy (non-hydrogen) atoms. The summed E-state index contributed by atoms with van der Waals surface area (Å²) in [6.45, 7) is 1.88. The van der Waals surface area contributed by atoms with Crippen LogP contribution in [-0.4, -0.2) is 14.5 Å². The first-order chi connectivity index (χ1) is 17.5. The summed E-state index contributed by atoms with van der Waals surface area (Å²) in [6, 6.07) is 24.6. The Morgan fingerprint density at radius 1 is 1.06 bits per heavy atom. The van der Waals surface area contributed by atoms with E-state index in [-0.39, 0.29) is 28.7 Å². The Bertz CT molecular complexity index is 1670. The van der Waals surface area contributed by atoms with Gasteiger partial charge in [-0.05, 0) is 53.8 Å². The van der Waals surface area contributed by atoms with Gasteiger partial charge in [-0.2, -0.15) is 10.2 Å². The number of nitrogens with two attached hydrogens (primary N) is 1. The maximum atomic E-state index is 14.1. The monoisotopic (exact) mass is 476 g/mol. The third-order valence-electron chi connectivity index (χ3n) is 5.97. The quantitative estimate of drug-likeness (QED) is 0.360. The van der Waals surface area contributed by atoms with Crippen LogP contribution in [0.15, 0.2) is 89.9 Å². The highest BCUT2D eigenvalue weighted by molar-refractivity contribution is 5.96. The maximum Gasteiger partial charge on any atom is 0.263 e. The van der Waals surface area contributed by atoms with Gasteiger partial charge in [-0.15, -0.1) is 0 Å². The number of hydrogen-bond acceptors (Lipinski definition) is 6. The first kappa shape index (κ1) is 22.7. The van der Waals surface area contributed by atoms with Crippen molar-refractivity contribution < 1.29 is 4.39 Å². The smallest absolute Gasteiger partial charge is 0.263 e. The largest absolute Gasteiger partial charge is 0.368 e. The highest BCUT2D eigenvalue weighted by Gasteiger charge is 2.20. The van der Waals surface area contributed by atoms with Crippen molar-refractivity contribution in [2.45, 2.75) is 13.0 Å². The lowest BCUT2D eigenvalue weighted by molar-refractivity contribution is 0.628. The Hall–Kier alpha value is -5.03. The van der Waals surface area contributed by atoms with Gasteiger partial charge in [0.2, 0.25) is 5.95 Å². The summed E-state index contributed by atoms with van der Waals surface area (Å²) in [7, 11) is 0. The van der Waals surface area contributed by atoms with Gasteiger partial charge in [-0.3, -0.25) is 9.36 Å². The zero-order valence-electron chi connectivity index (χ0n) is 19.3. The van der Waals surface area contributed by atoms with Crippen molar-refractivity contribution in [3.63, 3.8) is 0 Å². The molecule has 7 nitrogen and oxygen atoms in total. The fraction of sp³-hybridized carbons (Fsp3) is 0.0714. The van der Waals surface area contributed by atoms with Gasteiger partial charge in [0.15, 0.2) is 0 Å². The Morgan fingerprint density at radius 3 is 2.53 bits per heavy atom. The summed E-state index contributed by atoms with van der Waals surface area (Å²) >= 11 is 0. The van der Waals surface area contributed by atoms with E-state index in [0.717, 1.165) is 10.9 Å². The first-order valence-corrected chi connectivity index (χ1v) is 11.3. The average molecular weight is 477 g/mol. The Labute approximate surface area is 206 Å². The number of rotatable bonds is 5. The fourth-order valence-corrected chi connectivity index (χ4v) is 4.28. The van der Waals surface area contributed by atoms with E-state index in [2.05, 4.69) is 21.4 Å². The third-order valence-corrected chi connectivity index (χ3v) is 5.97. The topological polar surface area (TPSA) is 110 Å². The van der Waals surface area contributed by atoms with E-state index in [1.54, 1.807) is 16.7 Å². The number of nitriles is 1. The maximum absolute atomic E-state index is 14.1. The van der Waals surface area contributed by atoms with Gasteiger partial charge in [0.1, 0.15) is 23.3 Å². The lowest BCUT2D eigenvalue weighted by Crippen LogP contribution is -2.26. The van der Waals surface area contributed by atoms with E-state index in [1.807, 2.05) is 61.5 Å². The number of para-hydroxylation sites is 1. The molecule has 0 saturated heterocycles. The van der Waals surface area contributed by atoms with Crippen molar-refractivity contribution in [3.05, 3.63) is 112 Å². The van der Waals surface area contributed by atoms with Crippen LogP contribution >= 0.6 is 0 Å². The van der Waals surface area contributed by atoms with E-state index >= 15 is 0 Å². The van der Waals surface area contributed by atoms with Crippen molar-refractivity contribution in [1.29, 1.82) is 5.26 Å². The minimum Gasteiger partial charge on any atom is -0.368 e. The van der Waals surface area contributed by atoms with E-state index in [1.165, 1.54) is 18.3 Å². The number of aromatic nitrogens is 3. The average Bonchev–Trinajstić information content (AvgIpc) is 2.89. The minimum absolute atomic E-state index is 0.0339. The van der Waals surface area contributed by atoms with Crippen molar-refractivity contribution >= 4 is 22.5 Å². The van der Waals surface area contributed by atoms with Crippen LogP contribution in [0.1, 0.15) is 24.2 Å². The van der Waals surface area contributed by atoms with Crippen LogP contribution in [0.5, 0.6) is 0 Å². The number of nitrogens with one attached hydrogen (secondary N) is 1. The fourth-order valence-electron chi connectivity index (χ4n) is 4.28. The van der Waals surface area contributed by atoms with Crippen molar-refractivity contribution in [2.24, 2.45) is 0 Å². The summed E-state index contributed by atoms with van der Waals surface area (Å²) in [5.74, 6) is -0.0266. The number of nitrogens with zero attached hydrogens (tertiary/aromatic N) is 4. The summed E-state index contributed by atoms with van der Waals surface area (Å²) < 4.78 is 15.2. The Kier molecular flexibility index (Phi) is 5.88. The zero-order chi connectivity index (χ0) is 25.2. The summed E-state index contributed by atoms with van der Waals surface area (Å²) in [5.41, 5.74) is 8.57. The number of hydrogen-bond donors (Lipinski definition) is 2. The van der Waals surface area contributed by atoms with E-state index < -0.39 is 6.04 Å². The van der Waals surface area contributed by atoms with E-state index in [9.17, 15) is 14.4 Å². The van der Waals surface area contributed by atoms with Crippen LogP contribution < -0.4 is 16.6 Å². The number of halogens is 1. The van der Waals surface area contributed by atoms with Crippen molar-refractivity contribution in [2.75, 3.05) is 11.1 Å². The molecule has 5 rings (SSSR count). The molecule has 0 aliphatic rings. The van der Waals surface area contributed by atoms with E-state index in [4.69, 9.17) is 5.73 Å². The molecule has 0 aliphatic carbocycles. The molecule has 5 aromatic rings. The van der Waals surface area contributed by atoms with Gasteiger partial charge in [-0.1, -0.05) is 48.5 Å². The van der Waals surface area contributed by atoms with Crippen LogP contribution in [0.25, 0.3) is 27.6 Å². The van der Waals surface area contributed by atoms with Gasteiger partial charge in [-0.25, -0.2) is 9.37 Å². The molecule has 1 unspecified atom stereocenters. The van der Waals surface area contributed by atoms with Gasteiger partial charge < -0.3 is 11.1 Å².